The maximum Gasteiger partial charge on any atom is 0.433 e. The highest BCUT2D eigenvalue weighted by Gasteiger charge is 2.32. The summed E-state index contributed by atoms with van der Waals surface area (Å²) in [6, 6.07) is 6.06. The summed E-state index contributed by atoms with van der Waals surface area (Å²) in [4.78, 5) is 20.4. The number of benzene rings is 1. The normalized spacial score (nSPS) is 13.8. The number of aromatic nitrogens is 2. The number of rotatable bonds is 2. The number of amides is 1. The van der Waals surface area contributed by atoms with Gasteiger partial charge in [0.05, 0.1) is 0 Å². The van der Waals surface area contributed by atoms with E-state index in [2.05, 4.69) is 15.3 Å². The van der Waals surface area contributed by atoms with E-state index in [0.29, 0.717) is 18.7 Å². The fourth-order valence-electron chi connectivity index (χ4n) is 2.51. The van der Waals surface area contributed by atoms with Crippen molar-refractivity contribution in [3.8, 4) is 0 Å². The van der Waals surface area contributed by atoms with E-state index in [9.17, 15) is 18.0 Å². The first-order chi connectivity index (χ1) is 10.8. The summed E-state index contributed by atoms with van der Waals surface area (Å²) in [7, 11) is 0. The third kappa shape index (κ3) is 3.10. The molecule has 120 valence electrons. The summed E-state index contributed by atoms with van der Waals surface area (Å²) in [6.07, 6.45) is -2.75. The second-order valence-electron chi connectivity index (χ2n) is 5.15. The topological polar surface area (TPSA) is 58.1 Å². The minimum absolute atomic E-state index is 0.0364. The Labute approximate surface area is 130 Å². The van der Waals surface area contributed by atoms with E-state index in [0.717, 1.165) is 23.5 Å². The zero-order valence-electron chi connectivity index (χ0n) is 12.2. The Balaban J connectivity index is 1.84. The van der Waals surface area contributed by atoms with Crippen LogP contribution in [0.3, 0.4) is 0 Å². The molecule has 0 spiro atoms. The fourth-order valence-corrected chi connectivity index (χ4v) is 2.51. The summed E-state index contributed by atoms with van der Waals surface area (Å²) < 4.78 is 37.9. The number of hydrogen-bond acceptors (Lipinski definition) is 4. The van der Waals surface area contributed by atoms with Gasteiger partial charge in [0.15, 0.2) is 0 Å². The van der Waals surface area contributed by atoms with E-state index in [1.807, 2.05) is 0 Å². The summed E-state index contributed by atoms with van der Waals surface area (Å²) in [5.74, 6) is -0.160. The Morgan fingerprint density at radius 3 is 2.78 bits per heavy atom. The van der Waals surface area contributed by atoms with Crippen LogP contribution in [0, 0.1) is 0 Å². The molecule has 5 nitrogen and oxygen atoms in total. The van der Waals surface area contributed by atoms with Crippen LogP contribution in [0.1, 0.15) is 18.2 Å². The number of carbonyl (C=O) groups is 1. The molecule has 0 atom stereocenters. The van der Waals surface area contributed by atoms with Crippen LogP contribution >= 0.6 is 0 Å². The van der Waals surface area contributed by atoms with Crippen molar-refractivity contribution in [2.45, 2.75) is 19.5 Å². The molecule has 1 aromatic carbocycles. The van der Waals surface area contributed by atoms with E-state index in [1.165, 1.54) is 6.92 Å². The van der Waals surface area contributed by atoms with Gasteiger partial charge in [-0.2, -0.15) is 13.2 Å². The minimum atomic E-state index is -4.51. The second-order valence-corrected chi connectivity index (χ2v) is 5.15. The van der Waals surface area contributed by atoms with E-state index in [4.69, 9.17) is 0 Å². The monoisotopic (exact) mass is 322 g/mol. The van der Waals surface area contributed by atoms with Crippen molar-refractivity contribution >= 4 is 23.2 Å². The molecule has 1 N–H and O–H groups in total. The molecule has 1 aliphatic heterocycles. The lowest BCUT2D eigenvalue weighted by atomic mass is 10.1. The van der Waals surface area contributed by atoms with Crippen molar-refractivity contribution < 1.29 is 18.0 Å². The van der Waals surface area contributed by atoms with Crippen molar-refractivity contribution in [3.05, 3.63) is 41.7 Å². The van der Waals surface area contributed by atoms with Gasteiger partial charge < -0.3 is 10.2 Å². The lowest BCUT2D eigenvalue weighted by molar-refractivity contribution is -0.141. The number of carbonyl (C=O) groups excluding carboxylic acids is 1. The van der Waals surface area contributed by atoms with Gasteiger partial charge in [0.25, 0.3) is 0 Å². The van der Waals surface area contributed by atoms with Crippen LogP contribution in [0.25, 0.3) is 0 Å². The summed E-state index contributed by atoms with van der Waals surface area (Å²) in [5.41, 5.74) is 1.36. The predicted molar refractivity (Wildman–Crippen MR) is 78.5 cm³/mol. The zero-order chi connectivity index (χ0) is 16.6. The highest BCUT2D eigenvalue weighted by atomic mass is 19.4. The third-order valence-corrected chi connectivity index (χ3v) is 3.56. The molecule has 0 saturated heterocycles. The summed E-state index contributed by atoms with van der Waals surface area (Å²) >= 11 is 0. The van der Waals surface area contributed by atoms with Gasteiger partial charge in [-0.05, 0) is 36.2 Å². The largest absolute Gasteiger partial charge is 0.433 e. The number of nitrogens with one attached hydrogen (secondary N) is 1. The molecule has 3 rings (SSSR count). The first-order valence-electron chi connectivity index (χ1n) is 6.93. The number of anilines is 3. The second kappa shape index (κ2) is 5.53. The van der Waals surface area contributed by atoms with Gasteiger partial charge in [-0.3, -0.25) is 4.79 Å². The molecular formula is C15H13F3N4O. The molecular weight excluding hydrogens is 309 g/mol. The van der Waals surface area contributed by atoms with E-state index in [1.54, 1.807) is 23.1 Å². The van der Waals surface area contributed by atoms with E-state index >= 15 is 0 Å². The number of alkyl halides is 3. The Bertz CT molecular complexity index is 761. The van der Waals surface area contributed by atoms with Crippen molar-refractivity contribution in [3.63, 3.8) is 0 Å². The maximum absolute atomic E-state index is 12.6. The van der Waals surface area contributed by atoms with Gasteiger partial charge in [0.1, 0.15) is 5.69 Å². The smallest absolute Gasteiger partial charge is 0.324 e. The average Bonchev–Trinajstić information content (AvgIpc) is 2.90. The maximum atomic E-state index is 12.6. The highest BCUT2D eigenvalue weighted by Crippen LogP contribution is 2.32. The Hall–Kier alpha value is -2.64. The SMILES string of the molecule is CC(=O)N1CCc2cc(Nc3nccc(C(F)(F)F)n3)ccc21. The molecule has 2 heterocycles. The molecule has 8 heteroatoms. The van der Waals surface area contributed by atoms with Crippen LogP contribution in [0.15, 0.2) is 30.5 Å². The molecule has 2 aromatic rings. The molecule has 1 amide bonds. The standard InChI is InChI=1S/C15H13F3N4O/c1-9(23)22-7-5-10-8-11(2-3-12(10)22)20-14-19-6-4-13(21-14)15(16,17)18/h2-4,6,8H,5,7H2,1H3,(H,19,20,21). The Morgan fingerprint density at radius 1 is 1.30 bits per heavy atom. The van der Waals surface area contributed by atoms with Gasteiger partial charge in [-0.1, -0.05) is 0 Å². The van der Waals surface area contributed by atoms with Gasteiger partial charge in [-0.15, -0.1) is 0 Å². The highest BCUT2D eigenvalue weighted by molar-refractivity contribution is 5.94. The number of hydrogen-bond donors (Lipinski definition) is 1. The van der Waals surface area contributed by atoms with E-state index < -0.39 is 11.9 Å². The molecule has 1 aromatic heterocycles. The molecule has 0 fully saturated rings. The van der Waals surface area contributed by atoms with Gasteiger partial charge in [-0.25, -0.2) is 9.97 Å². The first-order valence-corrected chi connectivity index (χ1v) is 6.93. The summed E-state index contributed by atoms with van der Waals surface area (Å²) in [5, 5.41) is 2.76. The molecule has 0 saturated carbocycles. The van der Waals surface area contributed by atoms with Gasteiger partial charge in [0.2, 0.25) is 11.9 Å². The molecule has 0 unspecified atom stereocenters. The fraction of sp³-hybridized carbons (Fsp3) is 0.267. The van der Waals surface area contributed by atoms with Crippen molar-refractivity contribution in [2.75, 3.05) is 16.8 Å². The Kier molecular flexibility index (Phi) is 3.67. The van der Waals surface area contributed by atoms with Crippen LogP contribution in [-0.4, -0.2) is 22.4 Å². The van der Waals surface area contributed by atoms with Crippen molar-refractivity contribution in [2.24, 2.45) is 0 Å². The molecule has 0 aliphatic carbocycles. The Morgan fingerprint density at radius 2 is 2.09 bits per heavy atom. The minimum Gasteiger partial charge on any atom is -0.324 e. The van der Waals surface area contributed by atoms with Crippen LogP contribution in [0.5, 0.6) is 0 Å². The number of nitrogens with zero attached hydrogens (tertiary/aromatic N) is 3. The average molecular weight is 322 g/mol. The summed E-state index contributed by atoms with van der Waals surface area (Å²) in [6.45, 7) is 2.10. The number of fused-ring (bicyclic) bond motifs is 1. The molecule has 23 heavy (non-hydrogen) atoms. The predicted octanol–water partition coefficient (Wildman–Crippen LogP) is 3.15. The third-order valence-electron chi connectivity index (χ3n) is 3.56. The van der Waals surface area contributed by atoms with Crippen LogP contribution in [0.4, 0.5) is 30.5 Å². The van der Waals surface area contributed by atoms with Gasteiger partial charge in [0, 0.05) is 31.0 Å². The quantitative estimate of drug-likeness (QED) is 0.923. The molecule has 0 radical (unpaired) electrons. The van der Waals surface area contributed by atoms with Crippen LogP contribution in [0.2, 0.25) is 0 Å². The molecule has 1 aliphatic rings. The molecule has 0 bridgehead atoms. The number of halogens is 3. The van der Waals surface area contributed by atoms with Crippen LogP contribution < -0.4 is 10.2 Å². The van der Waals surface area contributed by atoms with E-state index in [-0.39, 0.29) is 11.9 Å². The lowest BCUT2D eigenvalue weighted by Crippen LogP contribution is -2.25. The first kappa shape index (κ1) is 15.3. The zero-order valence-corrected chi connectivity index (χ0v) is 12.2. The van der Waals surface area contributed by atoms with Crippen LogP contribution in [-0.2, 0) is 17.4 Å². The van der Waals surface area contributed by atoms with Gasteiger partial charge >= 0.3 is 6.18 Å². The van der Waals surface area contributed by atoms with Crippen molar-refractivity contribution in [1.82, 2.24) is 9.97 Å². The lowest BCUT2D eigenvalue weighted by Gasteiger charge is -2.15. The van der Waals surface area contributed by atoms with Crippen molar-refractivity contribution in [1.29, 1.82) is 0 Å².